The average Bonchev–Trinajstić information content (AvgIpc) is 1.85. The molecule has 0 heterocycles. The van der Waals surface area contributed by atoms with Crippen molar-refractivity contribution in [3.05, 3.63) is 12.2 Å². The number of hydrogen-bond donors (Lipinski definition) is 0. The second-order valence-corrected chi connectivity index (χ2v) is 4.02. The van der Waals surface area contributed by atoms with Crippen LogP contribution in [0.25, 0.3) is 0 Å². The summed E-state index contributed by atoms with van der Waals surface area (Å²) in [6.45, 7) is 7.57. The summed E-state index contributed by atoms with van der Waals surface area (Å²) in [4.78, 5) is 0. The molecule has 0 aromatic carbocycles. The molecule has 0 aliphatic heterocycles. The van der Waals surface area contributed by atoms with Crippen molar-refractivity contribution in [2.45, 2.75) is 33.6 Å². The maximum atomic E-state index is 4.92. The fourth-order valence-corrected chi connectivity index (χ4v) is 0.741. The first-order valence-corrected chi connectivity index (χ1v) is 4.20. The zero-order chi connectivity index (χ0) is 8.74. The molecule has 0 aromatic heterocycles. The third-order valence-corrected chi connectivity index (χ3v) is 1.39. The number of rotatable bonds is 4. The molecule has 66 valence electrons. The van der Waals surface area contributed by atoms with E-state index in [1.807, 2.05) is 0 Å². The summed E-state index contributed by atoms with van der Waals surface area (Å²) < 4.78 is 4.92. The maximum Gasteiger partial charge on any atom is 0.0496 e. The zero-order valence-electron chi connectivity index (χ0n) is 8.18. The molecule has 0 aromatic rings. The van der Waals surface area contributed by atoms with Gasteiger partial charge in [0.1, 0.15) is 0 Å². The minimum Gasteiger partial charge on any atom is -0.384 e. The van der Waals surface area contributed by atoms with Gasteiger partial charge in [-0.3, -0.25) is 0 Å². The van der Waals surface area contributed by atoms with Crippen molar-refractivity contribution in [3.8, 4) is 0 Å². The fourth-order valence-electron chi connectivity index (χ4n) is 0.741. The monoisotopic (exact) mass is 156 g/mol. The van der Waals surface area contributed by atoms with Gasteiger partial charge in [-0.25, -0.2) is 0 Å². The third kappa shape index (κ3) is 9.70. The predicted octanol–water partition coefficient (Wildman–Crippen LogP) is 3.02. The van der Waals surface area contributed by atoms with Gasteiger partial charge in [0.05, 0.1) is 0 Å². The van der Waals surface area contributed by atoms with Gasteiger partial charge in [-0.2, -0.15) is 0 Å². The van der Waals surface area contributed by atoms with Gasteiger partial charge in [-0.1, -0.05) is 32.9 Å². The Labute approximate surface area is 70.4 Å². The third-order valence-electron chi connectivity index (χ3n) is 1.39. The van der Waals surface area contributed by atoms with Crippen molar-refractivity contribution in [2.24, 2.45) is 5.41 Å². The van der Waals surface area contributed by atoms with E-state index in [9.17, 15) is 0 Å². The standard InChI is InChI=1S/C10H20O/c1-10(2,3)8-6-5-7-9-11-4/h5-6H,7-9H2,1-4H3. The van der Waals surface area contributed by atoms with E-state index in [1.54, 1.807) is 7.11 Å². The van der Waals surface area contributed by atoms with E-state index in [4.69, 9.17) is 4.74 Å². The van der Waals surface area contributed by atoms with Crippen LogP contribution in [0.2, 0.25) is 0 Å². The van der Waals surface area contributed by atoms with Crippen LogP contribution in [-0.4, -0.2) is 13.7 Å². The average molecular weight is 156 g/mol. The highest BCUT2D eigenvalue weighted by molar-refractivity contribution is 4.85. The highest BCUT2D eigenvalue weighted by Crippen LogP contribution is 2.18. The van der Waals surface area contributed by atoms with Crippen LogP contribution in [0, 0.1) is 5.41 Å². The minimum absolute atomic E-state index is 0.420. The fraction of sp³-hybridized carbons (Fsp3) is 0.800. The molecule has 0 rings (SSSR count). The second kappa shape index (κ2) is 5.36. The lowest BCUT2D eigenvalue weighted by Crippen LogP contribution is -2.01. The van der Waals surface area contributed by atoms with Crippen LogP contribution in [-0.2, 0) is 4.74 Å². The molecule has 0 bridgehead atoms. The highest BCUT2D eigenvalue weighted by atomic mass is 16.5. The Bertz CT molecular complexity index is 109. The summed E-state index contributed by atoms with van der Waals surface area (Å²) >= 11 is 0. The van der Waals surface area contributed by atoms with Gasteiger partial charge in [0.15, 0.2) is 0 Å². The van der Waals surface area contributed by atoms with Crippen molar-refractivity contribution < 1.29 is 4.74 Å². The Morgan fingerprint density at radius 3 is 2.27 bits per heavy atom. The lowest BCUT2D eigenvalue weighted by molar-refractivity contribution is 0.204. The van der Waals surface area contributed by atoms with E-state index in [-0.39, 0.29) is 0 Å². The van der Waals surface area contributed by atoms with E-state index in [0.29, 0.717) is 5.41 Å². The number of allylic oxidation sites excluding steroid dienone is 1. The van der Waals surface area contributed by atoms with Gasteiger partial charge in [0, 0.05) is 13.7 Å². The van der Waals surface area contributed by atoms with Crippen molar-refractivity contribution in [2.75, 3.05) is 13.7 Å². The molecule has 0 amide bonds. The molecule has 0 unspecified atom stereocenters. The number of ether oxygens (including phenoxy) is 1. The number of hydrogen-bond acceptors (Lipinski definition) is 1. The van der Waals surface area contributed by atoms with Crippen LogP contribution >= 0.6 is 0 Å². The SMILES string of the molecule is COCCC=CCC(C)(C)C. The van der Waals surface area contributed by atoms with Gasteiger partial charge in [0.2, 0.25) is 0 Å². The largest absolute Gasteiger partial charge is 0.384 e. The Morgan fingerprint density at radius 1 is 1.18 bits per heavy atom. The van der Waals surface area contributed by atoms with Gasteiger partial charge < -0.3 is 4.74 Å². The zero-order valence-corrected chi connectivity index (χ0v) is 8.18. The summed E-state index contributed by atoms with van der Waals surface area (Å²) in [6.07, 6.45) is 6.61. The van der Waals surface area contributed by atoms with E-state index >= 15 is 0 Å². The molecule has 0 atom stereocenters. The van der Waals surface area contributed by atoms with Crippen LogP contribution in [0.4, 0.5) is 0 Å². The smallest absolute Gasteiger partial charge is 0.0496 e. The van der Waals surface area contributed by atoms with Crippen molar-refractivity contribution >= 4 is 0 Å². The van der Waals surface area contributed by atoms with Crippen LogP contribution in [0.1, 0.15) is 33.6 Å². The molecule has 1 nitrogen and oxygen atoms in total. The first-order valence-electron chi connectivity index (χ1n) is 4.20. The summed E-state index contributed by atoms with van der Waals surface area (Å²) in [5.74, 6) is 0. The van der Waals surface area contributed by atoms with E-state index in [0.717, 1.165) is 19.4 Å². The molecule has 0 saturated heterocycles. The Balaban J connectivity index is 3.30. The quantitative estimate of drug-likeness (QED) is 0.449. The van der Waals surface area contributed by atoms with E-state index < -0.39 is 0 Å². The minimum atomic E-state index is 0.420. The van der Waals surface area contributed by atoms with Gasteiger partial charge in [-0.15, -0.1) is 0 Å². The summed E-state index contributed by atoms with van der Waals surface area (Å²) in [5.41, 5.74) is 0.420. The molecule has 0 saturated carbocycles. The molecule has 11 heavy (non-hydrogen) atoms. The Kier molecular flexibility index (Phi) is 5.22. The molecule has 0 fully saturated rings. The van der Waals surface area contributed by atoms with E-state index in [1.165, 1.54) is 0 Å². The second-order valence-electron chi connectivity index (χ2n) is 4.02. The Morgan fingerprint density at radius 2 is 1.82 bits per heavy atom. The number of methoxy groups -OCH3 is 1. The van der Waals surface area contributed by atoms with Crippen LogP contribution in [0.15, 0.2) is 12.2 Å². The summed E-state index contributed by atoms with van der Waals surface area (Å²) in [6, 6.07) is 0. The van der Waals surface area contributed by atoms with Gasteiger partial charge >= 0.3 is 0 Å². The molecule has 0 spiro atoms. The predicted molar refractivity (Wildman–Crippen MR) is 49.7 cm³/mol. The summed E-state index contributed by atoms with van der Waals surface area (Å²) in [5, 5.41) is 0. The lowest BCUT2D eigenvalue weighted by atomic mass is 9.92. The van der Waals surface area contributed by atoms with E-state index in [2.05, 4.69) is 32.9 Å². The van der Waals surface area contributed by atoms with Crippen LogP contribution < -0.4 is 0 Å². The van der Waals surface area contributed by atoms with Crippen LogP contribution in [0.3, 0.4) is 0 Å². The molecule has 0 radical (unpaired) electrons. The van der Waals surface area contributed by atoms with Crippen LogP contribution in [0.5, 0.6) is 0 Å². The normalized spacial score (nSPS) is 12.7. The van der Waals surface area contributed by atoms with Crippen molar-refractivity contribution in [3.63, 3.8) is 0 Å². The molecule has 0 aliphatic carbocycles. The summed E-state index contributed by atoms with van der Waals surface area (Å²) in [7, 11) is 1.73. The van der Waals surface area contributed by atoms with Crippen molar-refractivity contribution in [1.29, 1.82) is 0 Å². The lowest BCUT2D eigenvalue weighted by Gasteiger charge is -2.14. The highest BCUT2D eigenvalue weighted by Gasteiger charge is 2.05. The van der Waals surface area contributed by atoms with Crippen molar-refractivity contribution in [1.82, 2.24) is 0 Å². The molecular formula is C10H20O. The Hall–Kier alpha value is -0.300. The first kappa shape index (κ1) is 10.7. The molecular weight excluding hydrogens is 136 g/mol. The van der Waals surface area contributed by atoms with Gasteiger partial charge in [0.25, 0.3) is 0 Å². The molecule has 1 heteroatoms. The van der Waals surface area contributed by atoms with Gasteiger partial charge in [-0.05, 0) is 18.3 Å². The topological polar surface area (TPSA) is 9.23 Å². The molecule has 0 N–H and O–H groups in total. The first-order chi connectivity index (χ1) is 5.06. The molecule has 0 aliphatic rings. The maximum absolute atomic E-state index is 4.92.